The number of aromatic nitrogens is 1. The summed E-state index contributed by atoms with van der Waals surface area (Å²) in [5, 5.41) is 9.18. The lowest BCUT2D eigenvalue weighted by Crippen LogP contribution is -2.50. The maximum atomic E-state index is 12.6. The number of nitrogens with zero attached hydrogens (tertiary/aromatic N) is 3. The highest BCUT2D eigenvalue weighted by molar-refractivity contribution is 5.69. The molecule has 3 atom stereocenters. The second kappa shape index (κ2) is 9.04. The van der Waals surface area contributed by atoms with Crippen LogP contribution in [0.2, 0.25) is 0 Å². The Morgan fingerprint density at radius 1 is 1.06 bits per heavy atom. The average Bonchev–Trinajstić information content (AvgIpc) is 3.00. The number of nitriles is 1. The Balaban J connectivity index is 1.25. The highest BCUT2D eigenvalue weighted by atomic mass is 16.6. The molecule has 3 fully saturated rings. The summed E-state index contributed by atoms with van der Waals surface area (Å²) in [5.41, 5.74) is -0.123. The Kier molecular flexibility index (Phi) is 6.38. The molecule has 0 aromatic carbocycles. The van der Waals surface area contributed by atoms with Crippen LogP contribution in [0.1, 0.15) is 77.8 Å². The van der Waals surface area contributed by atoms with Crippen LogP contribution in [0, 0.1) is 11.3 Å². The van der Waals surface area contributed by atoms with Crippen molar-refractivity contribution in [2.75, 3.05) is 0 Å². The van der Waals surface area contributed by atoms with Gasteiger partial charge in [-0.1, -0.05) is 0 Å². The van der Waals surface area contributed by atoms with E-state index in [0.29, 0.717) is 11.4 Å². The number of ether oxygens (including phenoxy) is 3. The maximum absolute atomic E-state index is 12.6. The summed E-state index contributed by atoms with van der Waals surface area (Å²) in [6.45, 7) is 5.74. The van der Waals surface area contributed by atoms with Gasteiger partial charge in [-0.05, 0) is 84.3 Å². The van der Waals surface area contributed by atoms with E-state index in [1.807, 2.05) is 31.7 Å². The molecule has 168 valence electrons. The summed E-state index contributed by atoms with van der Waals surface area (Å²) in [6, 6.07) is 6.15. The number of hydrogen-bond acceptors (Lipinski definition) is 6. The number of piperidine rings is 1. The Hall–Kier alpha value is -2.33. The molecule has 3 heterocycles. The van der Waals surface area contributed by atoms with Crippen molar-refractivity contribution in [3.8, 4) is 11.8 Å². The lowest BCUT2D eigenvalue weighted by molar-refractivity contribution is -0.0813. The lowest BCUT2D eigenvalue weighted by atomic mass is 9.93. The summed E-state index contributed by atoms with van der Waals surface area (Å²) in [5.74, 6) is 0.570. The van der Waals surface area contributed by atoms with E-state index in [4.69, 9.17) is 14.2 Å². The molecule has 3 aliphatic rings. The standard InChI is InChI=1S/C24H33N3O4/c1-24(2,3)31-23(28)27-16-6-7-17(27)14-20(13-16)29-18-8-10-19(11-9-18)30-22-5-4-12-26-21(22)15-25/h4-5,12,16-20H,6-11,13-14H2,1-3H3/t16-,17+,18?,19?,20?. The van der Waals surface area contributed by atoms with Gasteiger partial charge in [-0.2, -0.15) is 5.26 Å². The zero-order valence-corrected chi connectivity index (χ0v) is 18.8. The zero-order valence-electron chi connectivity index (χ0n) is 18.8. The van der Waals surface area contributed by atoms with Gasteiger partial charge in [-0.3, -0.25) is 0 Å². The Morgan fingerprint density at radius 2 is 1.71 bits per heavy atom. The van der Waals surface area contributed by atoms with E-state index in [-0.39, 0.29) is 36.5 Å². The second-order valence-electron chi connectivity index (χ2n) is 9.98. The van der Waals surface area contributed by atoms with Gasteiger partial charge in [0.25, 0.3) is 0 Å². The SMILES string of the molecule is CC(C)(C)OC(=O)N1[C@@H]2CC[C@H]1CC(OC1CCC(Oc3cccnc3C#N)CC1)C2. The van der Waals surface area contributed by atoms with E-state index in [1.54, 1.807) is 12.3 Å². The summed E-state index contributed by atoms with van der Waals surface area (Å²) in [4.78, 5) is 18.7. The molecular formula is C24H33N3O4. The number of hydrogen-bond donors (Lipinski definition) is 0. The normalized spacial score (nSPS) is 30.5. The van der Waals surface area contributed by atoms with Gasteiger partial charge in [0, 0.05) is 18.3 Å². The molecule has 1 aliphatic carbocycles. The van der Waals surface area contributed by atoms with Crippen molar-refractivity contribution < 1.29 is 19.0 Å². The second-order valence-corrected chi connectivity index (χ2v) is 9.98. The number of fused-ring (bicyclic) bond motifs is 2. The Bertz CT molecular complexity index is 809. The summed E-state index contributed by atoms with van der Waals surface area (Å²) in [6.07, 6.45) is 9.57. The van der Waals surface area contributed by atoms with Crippen molar-refractivity contribution in [1.82, 2.24) is 9.88 Å². The largest absolute Gasteiger partial charge is 0.487 e. The molecule has 2 saturated heterocycles. The van der Waals surface area contributed by atoms with Gasteiger partial charge in [-0.25, -0.2) is 9.78 Å². The molecule has 2 aliphatic heterocycles. The monoisotopic (exact) mass is 427 g/mol. The van der Waals surface area contributed by atoms with Crippen molar-refractivity contribution >= 4 is 6.09 Å². The number of amides is 1. The minimum atomic E-state index is -0.464. The van der Waals surface area contributed by atoms with E-state index in [0.717, 1.165) is 51.4 Å². The minimum Gasteiger partial charge on any atom is -0.487 e. The summed E-state index contributed by atoms with van der Waals surface area (Å²) < 4.78 is 18.2. The molecule has 7 nitrogen and oxygen atoms in total. The molecule has 0 N–H and O–H groups in total. The first-order valence-electron chi connectivity index (χ1n) is 11.5. The van der Waals surface area contributed by atoms with E-state index in [1.165, 1.54) is 0 Å². The maximum Gasteiger partial charge on any atom is 0.410 e. The van der Waals surface area contributed by atoms with Crippen molar-refractivity contribution in [3.05, 3.63) is 24.0 Å². The van der Waals surface area contributed by atoms with Crippen LogP contribution in [-0.4, -0.2) is 52.0 Å². The first-order valence-corrected chi connectivity index (χ1v) is 11.5. The highest BCUT2D eigenvalue weighted by Gasteiger charge is 2.45. The fourth-order valence-corrected chi connectivity index (χ4v) is 5.16. The van der Waals surface area contributed by atoms with E-state index < -0.39 is 5.60 Å². The van der Waals surface area contributed by atoms with Gasteiger partial charge < -0.3 is 19.1 Å². The molecule has 2 bridgehead atoms. The zero-order chi connectivity index (χ0) is 22.0. The predicted octanol–water partition coefficient (Wildman–Crippen LogP) is 4.59. The smallest absolute Gasteiger partial charge is 0.410 e. The van der Waals surface area contributed by atoms with Crippen molar-refractivity contribution in [2.45, 2.75) is 108 Å². The van der Waals surface area contributed by atoms with Crippen LogP contribution in [0.25, 0.3) is 0 Å². The average molecular weight is 428 g/mol. The quantitative estimate of drug-likeness (QED) is 0.699. The van der Waals surface area contributed by atoms with E-state index in [2.05, 4.69) is 11.1 Å². The molecule has 1 unspecified atom stereocenters. The van der Waals surface area contributed by atoms with Crippen LogP contribution in [0.15, 0.2) is 18.3 Å². The molecule has 0 radical (unpaired) electrons. The number of rotatable bonds is 4. The third-order valence-corrected chi connectivity index (χ3v) is 6.47. The van der Waals surface area contributed by atoms with Gasteiger partial charge in [0.15, 0.2) is 11.4 Å². The number of pyridine rings is 1. The minimum absolute atomic E-state index is 0.0985. The number of carbonyl (C=O) groups is 1. The molecule has 31 heavy (non-hydrogen) atoms. The van der Waals surface area contributed by atoms with Crippen LogP contribution in [-0.2, 0) is 9.47 Å². The molecule has 1 saturated carbocycles. The number of carbonyl (C=O) groups excluding carboxylic acids is 1. The van der Waals surface area contributed by atoms with Crippen molar-refractivity contribution in [1.29, 1.82) is 5.26 Å². The molecule has 0 spiro atoms. The molecule has 1 aromatic heterocycles. The summed E-state index contributed by atoms with van der Waals surface area (Å²) in [7, 11) is 0. The van der Waals surface area contributed by atoms with Gasteiger partial charge in [0.05, 0.1) is 18.3 Å². The van der Waals surface area contributed by atoms with Gasteiger partial charge in [0.1, 0.15) is 11.7 Å². The van der Waals surface area contributed by atoms with Gasteiger partial charge in [-0.15, -0.1) is 0 Å². The molecule has 4 rings (SSSR count). The third-order valence-electron chi connectivity index (χ3n) is 6.47. The Morgan fingerprint density at radius 3 is 2.32 bits per heavy atom. The van der Waals surface area contributed by atoms with Gasteiger partial charge in [0.2, 0.25) is 0 Å². The first kappa shape index (κ1) is 21.9. The molecule has 1 amide bonds. The topological polar surface area (TPSA) is 84.7 Å². The van der Waals surface area contributed by atoms with Crippen LogP contribution in [0.4, 0.5) is 4.79 Å². The predicted molar refractivity (Wildman–Crippen MR) is 115 cm³/mol. The fraction of sp³-hybridized carbons (Fsp3) is 0.708. The van der Waals surface area contributed by atoms with Crippen LogP contribution in [0.3, 0.4) is 0 Å². The van der Waals surface area contributed by atoms with Crippen molar-refractivity contribution in [2.24, 2.45) is 0 Å². The first-order chi connectivity index (χ1) is 14.8. The van der Waals surface area contributed by atoms with E-state index in [9.17, 15) is 10.1 Å². The molecule has 1 aromatic rings. The summed E-state index contributed by atoms with van der Waals surface area (Å²) >= 11 is 0. The van der Waals surface area contributed by atoms with Crippen LogP contribution in [0.5, 0.6) is 5.75 Å². The van der Waals surface area contributed by atoms with Crippen LogP contribution >= 0.6 is 0 Å². The van der Waals surface area contributed by atoms with Gasteiger partial charge >= 0.3 is 6.09 Å². The van der Waals surface area contributed by atoms with E-state index >= 15 is 0 Å². The molecular weight excluding hydrogens is 394 g/mol. The third kappa shape index (κ3) is 5.30. The van der Waals surface area contributed by atoms with Crippen LogP contribution < -0.4 is 4.74 Å². The Labute approximate surface area is 184 Å². The highest BCUT2D eigenvalue weighted by Crippen LogP contribution is 2.39. The molecule has 7 heteroatoms. The fourth-order valence-electron chi connectivity index (χ4n) is 5.16. The lowest BCUT2D eigenvalue weighted by Gasteiger charge is -2.41. The van der Waals surface area contributed by atoms with Crippen molar-refractivity contribution in [3.63, 3.8) is 0 Å².